The Kier molecular flexibility index (Phi) is 5.96. The number of hydrogen-bond donors (Lipinski definition) is 1. The Bertz CT molecular complexity index is 1280. The van der Waals surface area contributed by atoms with Crippen molar-refractivity contribution in [3.8, 4) is 10.4 Å². The molecule has 0 atom stereocenters. The summed E-state index contributed by atoms with van der Waals surface area (Å²) in [6, 6.07) is 12.9. The molecule has 0 saturated carbocycles. The van der Waals surface area contributed by atoms with Crippen molar-refractivity contribution < 1.29 is 13.2 Å². The molecule has 0 bridgehead atoms. The highest BCUT2D eigenvalue weighted by Crippen LogP contribution is 2.38. The minimum absolute atomic E-state index is 0.157. The number of aryl methyl sites for hydroxylation is 2. The first-order valence-electron chi connectivity index (χ1n) is 10.4. The average molecular weight is 471 g/mol. The van der Waals surface area contributed by atoms with Crippen LogP contribution in [0.3, 0.4) is 0 Å². The lowest BCUT2D eigenvalue weighted by atomic mass is 10.00. The summed E-state index contributed by atoms with van der Waals surface area (Å²) in [5.74, 6) is -0.157. The number of sulfonamides is 1. The molecule has 32 heavy (non-hydrogen) atoms. The lowest BCUT2D eigenvalue weighted by Crippen LogP contribution is -2.35. The quantitative estimate of drug-likeness (QED) is 0.602. The van der Waals surface area contributed by atoms with E-state index in [2.05, 4.69) is 10.3 Å². The lowest BCUT2D eigenvalue weighted by Gasteiger charge is -2.31. The standard InChI is InChI=1S/C23H26N4O3S2/c1-15-22(31-23(24-15)25-16(2)28)18-10-11-21-17(13-18)7-6-12-27(21)32(29,30)20-9-5-8-19(14-20)26(3)4/h5,8-11,13-14H,6-7,12H2,1-4H3,(H,24,25,28). The Morgan fingerprint density at radius 2 is 1.97 bits per heavy atom. The van der Waals surface area contributed by atoms with Gasteiger partial charge in [0.2, 0.25) is 5.91 Å². The number of anilines is 3. The van der Waals surface area contributed by atoms with Gasteiger partial charge in [-0.2, -0.15) is 0 Å². The minimum Gasteiger partial charge on any atom is -0.378 e. The van der Waals surface area contributed by atoms with Gasteiger partial charge in [0.1, 0.15) is 0 Å². The summed E-state index contributed by atoms with van der Waals surface area (Å²) in [6.45, 7) is 3.82. The fourth-order valence-electron chi connectivity index (χ4n) is 3.87. The summed E-state index contributed by atoms with van der Waals surface area (Å²) >= 11 is 1.42. The summed E-state index contributed by atoms with van der Waals surface area (Å²) < 4.78 is 28.5. The zero-order valence-corrected chi connectivity index (χ0v) is 20.2. The molecule has 2 aromatic carbocycles. The van der Waals surface area contributed by atoms with E-state index in [-0.39, 0.29) is 5.91 Å². The second kappa shape index (κ2) is 8.55. The first-order valence-corrected chi connectivity index (χ1v) is 12.6. The van der Waals surface area contributed by atoms with Gasteiger partial charge in [0.05, 0.1) is 21.2 Å². The first kappa shape index (κ1) is 22.3. The fourth-order valence-corrected chi connectivity index (χ4v) is 6.46. The number of rotatable bonds is 5. The monoisotopic (exact) mass is 470 g/mol. The molecule has 3 aromatic rings. The largest absolute Gasteiger partial charge is 0.378 e. The molecule has 1 amide bonds. The molecular weight excluding hydrogens is 444 g/mol. The van der Waals surface area contributed by atoms with Gasteiger partial charge in [0, 0.05) is 33.3 Å². The van der Waals surface area contributed by atoms with Crippen LogP contribution in [0.1, 0.15) is 24.6 Å². The predicted octanol–water partition coefficient (Wildman–Crippen LogP) is 4.28. The Hall–Kier alpha value is -2.91. The number of benzene rings is 2. The highest BCUT2D eigenvalue weighted by molar-refractivity contribution is 7.92. The van der Waals surface area contributed by atoms with Crippen LogP contribution in [0.2, 0.25) is 0 Å². The molecule has 0 saturated heterocycles. The highest BCUT2D eigenvalue weighted by atomic mass is 32.2. The van der Waals surface area contributed by atoms with Crippen molar-refractivity contribution in [2.24, 2.45) is 0 Å². The Balaban J connectivity index is 1.71. The molecule has 2 heterocycles. The van der Waals surface area contributed by atoms with E-state index in [1.54, 1.807) is 18.2 Å². The van der Waals surface area contributed by atoms with Crippen LogP contribution in [0.25, 0.3) is 10.4 Å². The summed E-state index contributed by atoms with van der Waals surface area (Å²) in [4.78, 5) is 18.9. The van der Waals surface area contributed by atoms with E-state index in [4.69, 9.17) is 0 Å². The maximum Gasteiger partial charge on any atom is 0.264 e. The van der Waals surface area contributed by atoms with Crippen molar-refractivity contribution >= 4 is 43.8 Å². The van der Waals surface area contributed by atoms with Crippen LogP contribution in [-0.4, -0.2) is 39.9 Å². The maximum absolute atomic E-state index is 13.5. The third-order valence-corrected chi connectivity index (χ3v) is 8.35. The van der Waals surface area contributed by atoms with Crippen LogP contribution in [-0.2, 0) is 21.2 Å². The van der Waals surface area contributed by atoms with E-state index in [9.17, 15) is 13.2 Å². The molecule has 0 aliphatic carbocycles. The van der Waals surface area contributed by atoms with Gasteiger partial charge >= 0.3 is 0 Å². The third-order valence-electron chi connectivity index (χ3n) is 5.42. The third kappa shape index (κ3) is 4.22. The molecule has 7 nitrogen and oxygen atoms in total. The average Bonchev–Trinajstić information content (AvgIpc) is 3.12. The highest BCUT2D eigenvalue weighted by Gasteiger charge is 2.30. The van der Waals surface area contributed by atoms with Crippen molar-refractivity contribution in [3.05, 3.63) is 53.7 Å². The summed E-state index contributed by atoms with van der Waals surface area (Å²) in [5, 5.41) is 3.30. The molecule has 4 rings (SSSR count). The first-order chi connectivity index (χ1) is 15.2. The molecule has 0 spiro atoms. The fraction of sp³-hybridized carbons (Fsp3) is 0.304. The Labute approximate surface area is 192 Å². The number of nitrogens with one attached hydrogen (secondary N) is 1. The molecule has 168 valence electrons. The van der Waals surface area contributed by atoms with E-state index in [0.29, 0.717) is 16.6 Å². The van der Waals surface area contributed by atoms with Crippen molar-refractivity contribution in [3.63, 3.8) is 0 Å². The molecule has 0 radical (unpaired) electrons. The molecule has 1 aliphatic heterocycles. The summed E-state index contributed by atoms with van der Waals surface area (Å²) in [7, 11) is 0.105. The Morgan fingerprint density at radius 3 is 2.69 bits per heavy atom. The summed E-state index contributed by atoms with van der Waals surface area (Å²) in [5.41, 5.74) is 4.37. The van der Waals surface area contributed by atoms with Crippen molar-refractivity contribution in [1.82, 2.24) is 4.98 Å². The van der Waals surface area contributed by atoms with Gasteiger partial charge in [-0.15, -0.1) is 0 Å². The topological polar surface area (TPSA) is 82.6 Å². The molecule has 9 heteroatoms. The number of carbonyl (C=O) groups is 1. The lowest BCUT2D eigenvalue weighted by molar-refractivity contribution is -0.114. The molecule has 0 fully saturated rings. The normalized spacial score (nSPS) is 13.6. The van der Waals surface area contributed by atoms with Crippen LogP contribution in [0, 0.1) is 6.92 Å². The zero-order chi connectivity index (χ0) is 23.0. The SMILES string of the molecule is CC(=O)Nc1nc(C)c(-c2ccc3c(c2)CCCN3S(=O)(=O)c2cccc(N(C)C)c2)s1. The molecule has 1 N–H and O–H groups in total. The van der Waals surface area contributed by atoms with Crippen molar-refractivity contribution in [1.29, 1.82) is 0 Å². The van der Waals surface area contributed by atoms with Crippen LogP contribution >= 0.6 is 11.3 Å². The molecule has 0 unspecified atom stereocenters. The van der Waals surface area contributed by atoms with Gasteiger partial charge in [-0.3, -0.25) is 9.10 Å². The second-order valence-electron chi connectivity index (χ2n) is 8.03. The van der Waals surface area contributed by atoms with E-state index in [1.807, 2.05) is 50.2 Å². The van der Waals surface area contributed by atoms with E-state index >= 15 is 0 Å². The van der Waals surface area contributed by atoms with Gasteiger partial charge in [-0.05, 0) is 61.2 Å². The van der Waals surface area contributed by atoms with E-state index in [0.717, 1.165) is 45.9 Å². The van der Waals surface area contributed by atoms with Gasteiger partial charge in [0.25, 0.3) is 10.0 Å². The van der Waals surface area contributed by atoms with Crippen LogP contribution in [0.15, 0.2) is 47.4 Å². The number of hydrogen-bond acceptors (Lipinski definition) is 6. The summed E-state index contributed by atoms with van der Waals surface area (Å²) in [6.07, 6.45) is 1.56. The number of aromatic nitrogens is 1. The minimum atomic E-state index is -3.68. The zero-order valence-electron chi connectivity index (χ0n) is 18.5. The van der Waals surface area contributed by atoms with Crippen molar-refractivity contribution in [2.75, 3.05) is 35.2 Å². The number of carbonyl (C=O) groups excluding carboxylic acids is 1. The van der Waals surface area contributed by atoms with Gasteiger partial charge in [0.15, 0.2) is 5.13 Å². The second-order valence-corrected chi connectivity index (χ2v) is 10.9. The van der Waals surface area contributed by atoms with Crippen molar-refractivity contribution in [2.45, 2.75) is 31.6 Å². The van der Waals surface area contributed by atoms with Crippen LogP contribution in [0.5, 0.6) is 0 Å². The number of amides is 1. The molecular formula is C23H26N4O3S2. The molecule has 1 aromatic heterocycles. The van der Waals surface area contributed by atoms with Gasteiger partial charge in [-0.25, -0.2) is 13.4 Å². The van der Waals surface area contributed by atoms with E-state index < -0.39 is 10.0 Å². The number of fused-ring (bicyclic) bond motifs is 1. The maximum atomic E-state index is 13.5. The Morgan fingerprint density at radius 1 is 1.19 bits per heavy atom. The number of nitrogens with zero attached hydrogens (tertiary/aromatic N) is 3. The van der Waals surface area contributed by atoms with E-state index in [1.165, 1.54) is 22.6 Å². The van der Waals surface area contributed by atoms with Gasteiger partial charge < -0.3 is 10.2 Å². The van der Waals surface area contributed by atoms with Crippen LogP contribution < -0.4 is 14.5 Å². The van der Waals surface area contributed by atoms with Crippen LogP contribution in [0.4, 0.5) is 16.5 Å². The van der Waals surface area contributed by atoms with Gasteiger partial charge in [-0.1, -0.05) is 23.5 Å². The smallest absolute Gasteiger partial charge is 0.264 e. The molecule has 1 aliphatic rings. The number of thiazole rings is 1. The predicted molar refractivity (Wildman–Crippen MR) is 130 cm³/mol.